The third-order valence-corrected chi connectivity index (χ3v) is 3.28. The summed E-state index contributed by atoms with van der Waals surface area (Å²) in [7, 11) is 0. The summed E-state index contributed by atoms with van der Waals surface area (Å²) in [5.41, 5.74) is 1.51. The first-order chi connectivity index (χ1) is 10.6. The summed E-state index contributed by atoms with van der Waals surface area (Å²) in [6.07, 6.45) is 10.5. The molecule has 0 aliphatic heterocycles. The van der Waals surface area contributed by atoms with Crippen molar-refractivity contribution in [1.82, 2.24) is 0 Å². The molecule has 0 heterocycles. The zero-order valence-electron chi connectivity index (χ0n) is 15.2. The Balaban J connectivity index is 5.11. The van der Waals surface area contributed by atoms with E-state index in [0.717, 1.165) is 11.1 Å². The molecule has 2 unspecified atom stereocenters. The fourth-order valence-electron chi connectivity index (χ4n) is 1.81. The van der Waals surface area contributed by atoms with Gasteiger partial charge in [-0.3, -0.25) is 0 Å². The number of ether oxygens (including phenoxy) is 1. The van der Waals surface area contributed by atoms with Gasteiger partial charge in [0, 0.05) is 12.0 Å². The molecule has 0 rings (SSSR count). The average Bonchev–Trinajstić information content (AvgIpc) is 2.44. The van der Waals surface area contributed by atoms with Gasteiger partial charge in [0.1, 0.15) is 6.10 Å². The van der Waals surface area contributed by atoms with E-state index in [1.165, 1.54) is 0 Å². The molecule has 3 heteroatoms. The SMILES string of the molecule is C=CC(C)=CC=CC(C)(O)CC(C=C(C)C)OC(=O)C(C)=CC. The lowest BCUT2D eigenvalue weighted by atomic mass is 9.96. The fourth-order valence-corrected chi connectivity index (χ4v) is 1.81. The number of carbonyl (C=O) groups is 1. The molecule has 0 aliphatic rings. The second-order valence-corrected chi connectivity index (χ2v) is 6.19. The van der Waals surface area contributed by atoms with Crippen molar-refractivity contribution in [2.24, 2.45) is 0 Å². The van der Waals surface area contributed by atoms with Crippen LogP contribution in [0.25, 0.3) is 0 Å². The Morgan fingerprint density at radius 1 is 1.30 bits per heavy atom. The van der Waals surface area contributed by atoms with Gasteiger partial charge >= 0.3 is 5.97 Å². The molecular weight excluding hydrogens is 288 g/mol. The Kier molecular flexibility index (Phi) is 9.19. The Morgan fingerprint density at radius 2 is 1.91 bits per heavy atom. The predicted octanol–water partition coefficient (Wildman–Crippen LogP) is 4.66. The first-order valence-corrected chi connectivity index (χ1v) is 7.81. The van der Waals surface area contributed by atoms with E-state index < -0.39 is 11.7 Å². The van der Waals surface area contributed by atoms with Crippen LogP contribution in [0, 0.1) is 0 Å². The van der Waals surface area contributed by atoms with Gasteiger partial charge in [0.25, 0.3) is 0 Å². The van der Waals surface area contributed by atoms with Gasteiger partial charge in [-0.1, -0.05) is 48.1 Å². The number of allylic oxidation sites excluding steroid dienone is 6. The van der Waals surface area contributed by atoms with E-state index in [2.05, 4.69) is 6.58 Å². The minimum atomic E-state index is -1.08. The van der Waals surface area contributed by atoms with Crippen LogP contribution in [0.4, 0.5) is 0 Å². The van der Waals surface area contributed by atoms with Gasteiger partial charge in [-0.2, -0.15) is 0 Å². The third-order valence-electron chi connectivity index (χ3n) is 3.28. The summed E-state index contributed by atoms with van der Waals surface area (Å²) >= 11 is 0. The van der Waals surface area contributed by atoms with Crippen LogP contribution in [0.2, 0.25) is 0 Å². The Labute approximate surface area is 140 Å². The summed E-state index contributed by atoms with van der Waals surface area (Å²) in [5, 5.41) is 10.5. The second-order valence-electron chi connectivity index (χ2n) is 6.19. The van der Waals surface area contributed by atoms with E-state index >= 15 is 0 Å². The van der Waals surface area contributed by atoms with Gasteiger partial charge in [0.2, 0.25) is 0 Å². The van der Waals surface area contributed by atoms with Crippen molar-refractivity contribution in [2.45, 2.75) is 59.7 Å². The van der Waals surface area contributed by atoms with E-state index in [9.17, 15) is 9.90 Å². The van der Waals surface area contributed by atoms with E-state index in [1.807, 2.05) is 32.9 Å². The number of esters is 1. The summed E-state index contributed by atoms with van der Waals surface area (Å²) in [4.78, 5) is 12.0. The molecule has 0 spiro atoms. The quantitative estimate of drug-likeness (QED) is 0.306. The van der Waals surface area contributed by atoms with Crippen LogP contribution in [-0.2, 0) is 9.53 Å². The van der Waals surface area contributed by atoms with Gasteiger partial charge in [-0.15, -0.1) is 0 Å². The van der Waals surface area contributed by atoms with Crippen molar-refractivity contribution in [1.29, 1.82) is 0 Å². The number of carbonyl (C=O) groups excluding carboxylic acids is 1. The molecule has 0 aromatic rings. The summed E-state index contributed by atoms with van der Waals surface area (Å²) in [5.74, 6) is -0.364. The van der Waals surface area contributed by atoms with Crippen molar-refractivity contribution in [3.63, 3.8) is 0 Å². The minimum absolute atomic E-state index is 0.290. The second kappa shape index (κ2) is 10.0. The van der Waals surface area contributed by atoms with Crippen LogP contribution in [0.3, 0.4) is 0 Å². The van der Waals surface area contributed by atoms with Crippen molar-refractivity contribution in [3.05, 3.63) is 59.8 Å². The number of rotatable bonds is 8. The highest BCUT2D eigenvalue weighted by Crippen LogP contribution is 2.19. The summed E-state index contributed by atoms with van der Waals surface area (Å²) in [6.45, 7) is 14.7. The molecule has 2 atom stereocenters. The standard InChI is InChI=1S/C20H30O3/c1-8-16(5)11-10-12-20(7,22)14-18(13-15(3)4)23-19(21)17(6)9-2/h8-13,18,22H,1,14H2,2-7H3. The highest BCUT2D eigenvalue weighted by atomic mass is 16.5. The van der Waals surface area contributed by atoms with Crippen LogP contribution in [0.5, 0.6) is 0 Å². The molecule has 0 aliphatic carbocycles. The first-order valence-electron chi connectivity index (χ1n) is 7.81. The van der Waals surface area contributed by atoms with Crippen molar-refractivity contribution >= 4 is 5.97 Å². The maximum Gasteiger partial charge on any atom is 0.333 e. The van der Waals surface area contributed by atoms with Gasteiger partial charge in [0.05, 0.1) is 5.60 Å². The van der Waals surface area contributed by atoms with E-state index in [0.29, 0.717) is 12.0 Å². The maximum atomic E-state index is 12.0. The molecule has 0 fully saturated rings. The lowest BCUT2D eigenvalue weighted by Gasteiger charge is -2.24. The van der Waals surface area contributed by atoms with Crippen LogP contribution in [-0.4, -0.2) is 22.8 Å². The molecule has 0 aromatic carbocycles. The Hall–Kier alpha value is -1.87. The van der Waals surface area contributed by atoms with Crippen molar-refractivity contribution < 1.29 is 14.6 Å². The largest absolute Gasteiger partial charge is 0.455 e. The molecule has 3 nitrogen and oxygen atoms in total. The minimum Gasteiger partial charge on any atom is -0.455 e. The molecule has 0 saturated carbocycles. The highest BCUT2D eigenvalue weighted by Gasteiger charge is 2.24. The molecule has 0 bridgehead atoms. The highest BCUT2D eigenvalue weighted by molar-refractivity contribution is 5.87. The van der Waals surface area contributed by atoms with Gasteiger partial charge in [-0.05, 0) is 47.6 Å². The fraction of sp³-hybridized carbons (Fsp3) is 0.450. The van der Waals surface area contributed by atoms with Gasteiger partial charge < -0.3 is 9.84 Å². The molecule has 0 saturated heterocycles. The number of hydrogen-bond acceptors (Lipinski definition) is 3. The van der Waals surface area contributed by atoms with Crippen molar-refractivity contribution in [3.8, 4) is 0 Å². The van der Waals surface area contributed by atoms with Crippen LogP contribution < -0.4 is 0 Å². The normalized spacial score (nSPS) is 16.7. The molecule has 23 heavy (non-hydrogen) atoms. The third kappa shape index (κ3) is 9.69. The van der Waals surface area contributed by atoms with E-state index in [-0.39, 0.29) is 5.97 Å². The molecule has 1 N–H and O–H groups in total. The Morgan fingerprint density at radius 3 is 2.39 bits per heavy atom. The zero-order valence-corrected chi connectivity index (χ0v) is 15.2. The lowest BCUT2D eigenvalue weighted by Crippen LogP contribution is -2.30. The van der Waals surface area contributed by atoms with Crippen LogP contribution in [0.15, 0.2) is 59.8 Å². The van der Waals surface area contributed by atoms with Gasteiger partial charge in [-0.25, -0.2) is 4.79 Å². The molecule has 128 valence electrons. The Bertz CT molecular complexity index is 527. The predicted molar refractivity (Wildman–Crippen MR) is 97.1 cm³/mol. The molecule has 0 aromatic heterocycles. The van der Waals surface area contributed by atoms with E-state index in [4.69, 9.17) is 4.74 Å². The number of aliphatic hydroxyl groups is 1. The molecular formula is C20H30O3. The van der Waals surface area contributed by atoms with Gasteiger partial charge in [0.15, 0.2) is 0 Å². The molecule has 0 amide bonds. The average molecular weight is 318 g/mol. The number of hydrogen-bond donors (Lipinski definition) is 1. The van der Waals surface area contributed by atoms with Crippen LogP contribution in [0.1, 0.15) is 48.0 Å². The monoisotopic (exact) mass is 318 g/mol. The van der Waals surface area contributed by atoms with Crippen molar-refractivity contribution in [2.75, 3.05) is 0 Å². The lowest BCUT2D eigenvalue weighted by molar-refractivity contribution is -0.143. The molecule has 0 radical (unpaired) electrons. The summed E-state index contributed by atoms with van der Waals surface area (Å²) in [6, 6.07) is 0. The smallest absolute Gasteiger partial charge is 0.333 e. The zero-order chi connectivity index (χ0) is 18.0. The van der Waals surface area contributed by atoms with E-state index in [1.54, 1.807) is 45.1 Å². The first kappa shape index (κ1) is 21.1. The summed E-state index contributed by atoms with van der Waals surface area (Å²) < 4.78 is 5.49. The maximum absolute atomic E-state index is 12.0. The van der Waals surface area contributed by atoms with Crippen LogP contribution >= 0.6 is 0 Å². The topological polar surface area (TPSA) is 46.5 Å².